The van der Waals surface area contributed by atoms with E-state index in [1.165, 1.54) is 0 Å². The van der Waals surface area contributed by atoms with E-state index >= 15 is 0 Å². The van der Waals surface area contributed by atoms with Gasteiger partial charge in [-0.15, -0.1) is 0 Å². The molecule has 1 unspecified atom stereocenters. The second kappa shape index (κ2) is 6.96. The van der Waals surface area contributed by atoms with Crippen molar-refractivity contribution in [3.63, 3.8) is 0 Å². The number of rotatable bonds is 5. The van der Waals surface area contributed by atoms with Crippen LogP contribution in [0.15, 0.2) is 36.0 Å². The van der Waals surface area contributed by atoms with E-state index in [1.807, 2.05) is 42.1 Å². The number of hydrogen-bond donors (Lipinski definition) is 1. The summed E-state index contributed by atoms with van der Waals surface area (Å²) in [4.78, 5) is 23.9. The van der Waals surface area contributed by atoms with Crippen LogP contribution in [-0.4, -0.2) is 40.4 Å². The maximum atomic E-state index is 12.3. The average Bonchev–Trinajstić information content (AvgIpc) is 3.14. The number of benzene rings is 1. The van der Waals surface area contributed by atoms with Crippen LogP contribution in [0.4, 0.5) is 0 Å². The van der Waals surface area contributed by atoms with Gasteiger partial charge >= 0.3 is 11.9 Å². The number of aryl methyl sites for hydroxylation is 1. The van der Waals surface area contributed by atoms with Crippen molar-refractivity contribution in [2.75, 3.05) is 13.2 Å². The van der Waals surface area contributed by atoms with Gasteiger partial charge in [0.05, 0.1) is 12.5 Å². The van der Waals surface area contributed by atoms with Crippen LogP contribution in [0.5, 0.6) is 0 Å². The van der Waals surface area contributed by atoms with Gasteiger partial charge in [-0.2, -0.15) is 0 Å². The van der Waals surface area contributed by atoms with Crippen molar-refractivity contribution in [1.29, 1.82) is 0 Å². The van der Waals surface area contributed by atoms with E-state index in [9.17, 15) is 14.7 Å². The summed E-state index contributed by atoms with van der Waals surface area (Å²) in [7, 11) is 1.96. The third-order valence-electron chi connectivity index (χ3n) is 4.57. The third-order valence-corrected chi connectivity index (χ3v) is 4.57. The molecule has 0 bridgehead atoms. The highest BCUT2D eigenvalue weighted by Gasteiger charge is 2.44. The van der Waals surface area contributed by atoms with Gasteiger partial charge < -0.3 is 19.1 Å². The molecular formula is C20H23NO5. The number of cyclic esters (lactones) is 1. The van der Waals surface area contributed by atoms with Crippen LogP contribution in [-0.2, 0) is 26.1 Å². The normalized spacial score (nSPS) is 21.6. The summed E-state index contributed by atoms with van der Waals surface area (Å²) in [5, 5.41) is 10.8. The molecule has 3 rings (SSSR count). The highest BCUT2D eigenvalue weighted by atomic mass is 16.6. The predicted molar refractivity (Wildman–Crippen MR) is 97.2 cm³/mol. The SMILES string of the molecule is CC(C)C(=O)OCC1(CO)C/C(=C\c2ccc3ccn(C)c3c2)C(=O)O1. The number of aliphatic hydroxyl groups excluding tert-OH is 1. The Morgan fingerprint density at radius 1 is 1.42 bits per heavy atom. The molecule has 2 aromatic rings. The Morgan fingerprint density at radius 2 is 2.19 bits per heavy atom. The Morgan fingerprint density at radius 3 is 2.88 bits per heavy atom. The second-order valence-electron chi connectivity index (χ2n) is 7.08. The molecular weight excluding hydrogens is 334 g/mol. The van der Waals surface area contributed by atoms with E-state index in [1.54, 1.807) is 19.9 Å². The number of nitrogens with zero attached hydrogens (tertiary/aromatic N) is 1. The van der Waals surface area contributed by atoms with Crippen LogP contribution in [0, 0.1) is 5.92 Å². The van der Waals surface area contributed by atoms with Gasteiger partial charge in [0.15, 0.2) is 5.60 Å². The van der Waals surface area contributed by atoms with Gasteiger partial charge in [-0.1, -0.05) is 26.0 Å². The molecule has 0 amide bonds. The molecule has 1 atom stereocenters. The van der Waals surface area contributed by atoms with Crippen molar-refractivity contribution in [2.45, 2.75) is 25.9 Å². The number of carbonyl (C=O) groups is 2. The van der Waals surface area contributed by atoms with Crippen LogP contribution in [0.1, 0.15) is 25.8 Å². The largest absolute Gasteiger partial charge is 0.461 e. The van der Waals surface area contributed by atoms with Crippen molar-refractivity contribution in [3.05, 3.63) is 41.6 Å². The molecule has 1 saturated heterocycles. The second-order valence-corrected chi connectivity index (χ2v) is 7.08. The molecule has 0 radical (unpaired) electrons. The van der Waals surface area contributed by atoms with Crippen molar-refractivity contribution >= 4 is 28.9 Å². The smallest absolute Gasteiger partial charge is 0.334 e. The fourth-order valence-electron chi connectivity index (χ4n) is 2.98. The molecule has 0 spiro atoms. The maximum absolute atomic E-state index is 12.3. The average molecular weight is 357 g/mol. The number of fused-ring (bicyclic) bond motifs is 1. The minimum Gasteiger partial charge on any atom is -0.461 e. The molecule has 0 saturated carbocycles. The lowest BCUT2D eigenvalue weighted by molar-refractivity contribution is -0.168. The number of aromatic nitrogens is 1. The molecule has 1 aromatic carbocycles. The lowest BCUT2D eigenvalue weighted by atomic mass is 9.97. The summed E-state index contributed by atoms with van der Waals surface area (Å²) >= 11 is 0. The van der Waals surface area contributed by atoms with Crippen LogP contribution in [0.2, 0.25) is 0 Å². The number of carbonyl (C=O) groups excluding carboxylic acids is 2. The van der Waals surface area contributed by atoms with E-state index in [-0.39, 0.29) is 24.9 Å². The lowest BCUT2D eigenvalue weighted by Gasteiger charge is -2.24. The molecule has 26 heavy (non-hydrogen) atoms. The fraction of sp³-hybridized carbons (Fsp3) is 0.400. The summed E-state index contributed by atoms with van der Waals surface area (Å²) in [5.74, 6) is -1.16. The van der Waals surface area contributed by atoms with Gasteiger partial charge in [0.25, 0.3) is 0 Å². The Hall–Kier alpha value is -2.60. The minimum absolute atomic E-state index is 0.152. The Labute approximate surface area is 152 Å². The van der Waals surface area contributed by atoms with Crippen molar-refractivity contribution < 1.29 is 24.2 Å². The zero-order valence-electron chi connectivity index (χ0n) is 15.2. The Balaban J connectivity index is 1.81. The molecule has 1 aliphatic heterocycles. The van der Waals surface area contributed by atoms with Crippen LogP contribution in [0.3, 0.4) is 0 Å². The monoisotopic (exact) mass is 357 g/mol. The first kappa shape index (κ1) is 18.2. The highest BCUT2D eigenvalue weighted by Crippen LogP contribution is 2.33. The zero-order valence-corrected chi connectivity index (χ0v) is 15.2. The Kier molecular flexibility index (Phi) is 4.87. The summed E-state index contributed by atoms with van der Waals surface area (Å²) in [6, 6.07) is 7.94. The minimum atomic E-state index is -1.21. The summed E-state index contributed by atoms with van der Waals surface area (Å²) in [5.41, 5.74) is 1.18. The molecule has 138 valence electrons. The quantitative estimate of drug-likeness (QED) is 0.657. The summed E-state index contributed by atoms with van der Waals surface area (Å²) in [6.07, 6.45) is 3.93. The highest BCUT2D eigenvalue weighted by molar-refractivity contribution is 5.97. The molecule has 1 aliphatic rings. The van der Waals surface area contributed by atoms with Crippen LogP contribution in [0.25, 0.3) is 17.0 Å². The van der Waals surface area contributed by atoms with Crippen LogP contribution < -0.4 is 0 Å². The first-order valence-electron chi connectivity index (χ1n) is 8.60. The number of aliphatic hydroxyl groups is 1. The van der Waals surface area contributed by atoms with Gasteiger partial charge in [-0.3, -0.25) is 4.79 Å². The molecule has 1 N–H and O–H groups in total. The van der Waals surface area contributed by atoms with Crippen molar-refractivity contribution in [1.82, 2.24) is 4.57 Å². The predicted octanol–water partition coefficient (Wildman–Crippen LogP) is 2.44. The number of ether oxygens (including phenoxy) is 2. The van der Waals surface area contributed by atoms with Gasteiger partial charge in [0.2, 0.25) is 0 Å². The van der Waals surface area contributed by atoms with E-state index in [0.717, 1.165) is 16.5 Å². The first-order chi connectivity index (χ1) is 12.3. The standard InChI is InChI=1S/C20H23NO5/c1-13(2)18(23)25-12-20(11-22)10-16(19(24)26-20)8-14-4-5-15-6-7-21(3)17(15)9-14/h4-9,13,22H,10-12H2,1-3H3/b16-8+. The molecule has 1 fully saturated rings. The van der Waals surface area contributed by atoms with E-state index in [2.05, 4.69) is 0 Å². The molecule has 6 heteroatoms. The lowest BCUT2D eigenvalue weighted by Crippen LogP contribution is -2.39. The topological polar surface area (TPSA) is 77.8 Å². The van der Waals surface area contributed by atoms with Gasteiger partial charge in [0, 0.05) is 30.8 Å². The van der Waals surface area contributed by atoms with E-state index < -0.39 is 18.2 Å². The van der Waals surface area contributed by atoms with E-state index in [4.69, 9.17) is 9.47 Å². The fourth-order valence-corrected chi connectivity index (χ4v) is 2.98. The molecule has 2 heterocycles. The van der Waals surface area contributed by atoms with Gasteiger partial charge in [0.1, 0.15) is 6.61 Å². The molecule has 0 aliphatic carbocycles. The Bertz CT molecular complexity index is 879. The molecule has 1 aromatic heterocycles. The summed E-state index contributed by atoms with van der Waals surface area (Å²) in [6.45, 7) is 2.89. The zero-order chi connectivity index (χ0) is 18.9. The van der Waals surface area contributed by atoms with Crippen molar-refractivity contribution in [2.24, 2.45) is 13.0 Å². The maximum Gasteiger partial charge on any atom is 0.334 e. The third kappa shape index (κ3) is 3.51. The first-order valence-corrected chi connectivity index (χ1v) is 8.60. The van der Waals surface area contributed by atoms with E-state index in [0.29, 0.717) is 5.57 Å². The van der Waals surface area contributed by atoms with Gasteiger partial charge in [-0.25, -0.2) is 4.79 Å². The van der Waals surface area contributed by atoms with Crippen molar-refractivity contribution in [3.8, 4) is 0 Å². The van der Waals surface area contributed by atoms with Gasteiger partial charge in [-0.05, 0) is 29.2 Å². The number of esters is 2. The molecule has 6 nitrogen and oxygen atoms in total. The summed E-state index contributed by atoms with van der Waals surface area (Å²) < 4.78 is 12.6. The van der Waals surface area contributed by atoms with Crippen LogP contribution >= 0.6 is 0 Å². The number of hydrogen-bond acceptors (Lipinski definition) is 5.